The van der Waals surface area contributed by atoms with Crippen molar-refractivity contribution < 1.29 is 40.7 Å². The van der Waals surface area contributed by atoms with Gasteiger partial charge in [-0.15, -0.1) is 11.3 Å². The highest BCUT2D eigenvalue weighted by Gasteiger charge is 2.57. The summed E-state index contributed by atoms with van der Waals surface area (Å²) in [5.41, 5.74) is -2.08. The molecule has 15 heteroatoms. The van der Waals surface area contributed by atoms with Crippen LogP contribution in [-0.2, 0) is 30.1 Å². The summed E-state index contributed by atoms with van der Waals surface area (Å²) < 4.78 is 90.4. The summed E-state index contributed by atoms with van der Waals surface area (Å²) in [5, 5.41) is 1.74. The molecule has 3 aromatic rings. The minimum Gasteiger partial charge on any atom is -0.474 e. The van der Waals surface area contributed by atoms with Crippen molar-refractivity contribution in [3.63, 3.8) is 0 Å². The Balaban J connectivity index is 1.42. The van der Waals surface area contributed by atoms with Gasteiger partial charge in [0.05, 0.1) is 11.6 Å². The first kappa shape index (κ1) is 39.3. The van der Waals surface area contributed by atoms with Crippen molar-refractivity contribution >= 4 is 34.8 Å². The summed E-state index contributed by atoms with van der Waals surface area (Å²) in [6.45, 7) is 6.02. The number of hydrogen-bond donors (Lipinski definition) is 0. The van der Waals surface area contributed by atoms with Gasteiger partial charge in [-0.05, 0) is 100 Å². The zero-order chi connectivity index (χ0) is 38.1. The van der Waals surface area contributed by atoms with Gasteiger partial charge in [0, 0.05) is 54.3 Å². The van der Waals surface area contributed by atoms with Crippen LogP contribution in [0.1, 0.15) is 97.3 Å². The summed E-state index contributed by atoms with van der Waals surface area (Å²) in [7, 11) is 0. The smallest absolute Gasteiger partial charge is 0.425 e. The second kappa shape index (κ2) is 15.8. The molecule has 6 rings (SSSR count). The number of aromatic nitrogens is 1. The molecule has 0 spiro atoms. The summed E-state index contributed by atoms with van der Waals surface area (Å²) in [5.74, 6) is -1.72. The van der Waals surface area contributed by atoms with E-state index < -0.39 is 51.9 Å². The van der Waals surface area contributed by atoms with E-state index in [0.717, 1.165) is 67.9 Å². The molecule has 0 unspecified atom stereocenters. The lowest BCUT2D eigenvalue weighted by molar-refractivity contribution is -0.163. The summed E-state index contributed by atoms with van der Waals surface area (Å²) in [6, 6.07) is 7.20. The molecule has 7 nitrogen and oxygen atoms in total. The van der Waals surface area contributed by atoms with Crippen molar-refractivity contribution in [1.29, 1.82) is 0 Å². The molecule has 3 aliphatic heterocycles. The molecule has 0 saturated carbocycles. The third-order valence-electron chi connectivity index (χ3n) is 10.9. The first-order valence-electron chi connectivity index (χ1n) is 18.1. The molecule has 0 radical (unpaired) electrons. The molecule has 2 aromatic heterocycles. The molecule has 5 heterocycles. The van der Waals surface area contributed by atoms with Crippen molar-refractivity contribution in [1.82, 2.24) is 19.7 Å². The van der Waals surface area contributed by atoms with Crippen LogP contribution in [0.2, 0.25) is 5.02 Å². The number of likely N-dealkylation sites (tertiary alicyclic amines) is 2. The van der Waals surface area contributed by atoms with Gasteiger partial charge in [-0.2, -0.15) is 26.3 Å². The average Bonchev–Trinajstić information content (AvgIpc) is 3.76. The van der Waals surface area contributed by atoms with Crippen molar-refractivity contribution in [2.75, 3.05) is 19.6 Å². The normalized spacial score (nSPS) is 24.0. The van der Waals surface area contributed by atoms with Crippen LogP contribution >= 0.6 is 22.9 Å². The molecule has 0 aliphatic carbocycles. The summed E-state index contributed by atoms with van der Waals surface area (Å²) >= 11 is 6.81. The van der Waals surface area contributed by atoms with Gasteiger partial charge in [0.25, 0.3) is 11.8 Å². The third kappa shape index (κ3) is 8.34. The van der Waals surface area contributed by atoms with Gasteiger partial charge in [-0.3, -0.25) is 14.6 Å². The third-order valence-corrected chi connectivity index (χ3v) is 12.0. The van der Waals surface area contributed by atoms with Crippen LogP contribution in [0, 0.1) is 0 Å². The van der Waals surface area contributed by atoms with Gasteiger partial charge in [-0.1, -0.05) is 31.0 Å². The minimum absolute atomic E-state index is 0.00593. The highest BCUT2D eigenvalue weighted by Crippen LogP contribution is 2.44. The number of alkyl halides is 6. The lowest BCUT2D eigenvalue weighted by atomic mass is 9.78. The number of amides is 2. The Bertz CT molecular complexity index is 1790. The van der Waals surface area contributed by atoms with E-state index in [0.29, 0.717) is 41.7 Å². The number of piperidine rings is 1. The van der Waals surface area contributed by atoms with Crippen LogP contribution in [-0.4, -0.2) is 74.9 Å². The van der Waals surface area contributed by atoms with Crippen LogP contribution in [0.15, 0.2) is 48.0 Å². The highest BCUT2D eigenvalue weighted by molar-refractivity contribution is 7.10. The fourth-order valence-corrected chi connectivity index (χ4v) is 9.16. The van der Waals surface area contributed by atoms with E-state index in [1.165, 1.54) is 10.3 Å². The molecule has 2 saturated heterocycles. The maximum atomic E-state index is 15.5. The predicted octanol–water partition coefficient (Wildman–Crippen LogP) is 9.27. The van der Waals surface area contributed by atoms with E-state index in [9.17, 15) is 31.1 Å². The van der Waals surface area contributed by atoms with Crippen molar-refractivity contribution in [3.8, 4) is 5.75 Å². The Labute approximate surface area is 314 Å². The fourth-order valence-electron chi connectivity index (χ4n) is 8.28. The van der Waals surface area contributed by atoms with E-state index in [1.54, 1.807) is 11.0 Å². The second-order valence-electron chi connectivity index (χ2n) is 14.3. The maximum absolute atomic E-state index is 15.5. The van der Waals surface area contributed by atoms with Crippen LogP contribution in [0.25, 0.3) is 0 Å². The van der Waals surface area contributed by atoms with E-state index in [1.807, 2.05) is 19.1 Å². The number of ether oxygens (including phenoxy) is 1. The number of pyridine rings is 1. The Hall–Kier alpha value is -3.36. The van der Waals surface area contributed by atoms with Crippen molar-refractivity contribution in [2.24, 2.45) is 0 Å². The monoisotopic (exact) mass is 784 g/mol. The largest absolute Gasteiger partial charge is 0.474 e. The quantitative estimate of drug-likeness (QED) is 0.192. The standard InChI is InChI=1S/C38H43ClF6N4O3S/c1-3-8-31-36(52-29-21-32(53-23-29)38(43,44)45,14-7-18-48(31)34(50)33-30(37(40,41)42)11-4-15-46-33)35(51)49-22-25-12-13-27(39)19-26(25)20-28(49)10-6-17-47-16-5-9-24(47)2/h4,11-13,15,19,21,23-24,28,31H,3,5-10,14,16-18,20,22H2,1-2H3/t24-,28+,31-,36+/m1/s1. The van der Waals surface area contributed by atoms with E-state index in [4.69, 9.17) is 16.3 Å². The molecule has 53 heavy (non-hydrogen) atoms. The Kier molecular flexibility index (Phi) is 11.7. The summed E-state index contributed by atoms with van der Waals surface area (Å²) in [6.07, 6.45) is -3.59. The highest BCUT2D eigenvalue weighted by atomic mass is 35.5. The zero-order valence-corrected chi connectivity index (χ0v) is 31.2. The van der Waals surface area contributed by atoms with E-state index in [-0.39, 0.29) is 44.1 Å². The number of nitrogens with zero attached hydrogens (tertiary/aromatic N) is 4. The number of benzene rings is 1. The number of fused-ring (bicyclic) bond motifs is 1. The average molecular weight is 785 g/mol. The molecule has 2 fully saturated rings. The molecular weight excluding hydrogens is 742 g/mol. The van der Waals surface area contributed by atoms with Crippen molar-refractivity contribution in [2.45, 2.75) is 114 Å². The molecule has 3 aliphatic rings. The second-order valence-corrected chi connectivity index (χ2v) is 15.7. The van der Waals surface area contributed by atoms with Gasteiger partial charge in [-0.25, -0.2) is 0 Å². The molecule has 0 N–H and O–H groups in total. The lowest BCUT2D eigenvalue weighted by Crippen LogP contribution is -2.69. The molecule has 2 amide bonds. The van der Waals surface area contributed by atoms with E-state index in [2.05, 4.69) is 16.8 Å². The number of thiophene rings is 1. The topological polar surface area (TPSA) is 66.0 Å². The Morgan fingerprint density at radius 1 is 1.02 bits per heavy atom. The van der Waals surface area contributed by atoms with Gasteiger partial charge in [0.1, 0.15) is 16.3 Å². The number of halogens is 7. The van der Waals surface area contributed by atoms with Gasteiger partial charge >= 0.3 is 12.4 Å². The minimum atomic E-state index is -4.88. The van der Waals surface area contributed by atoms with Gasteiger partial charge in [0.2, 0.25) is 5.60 Å². The SMILES string of the molecule is CCC[C@H]1N(C(=O)c2ncccc2C(F)(F)F)CCC[C@@]1(Oc1csc(C(F)(F)F)c1)C(=O)N1Cc2ccc(Cl)cc2C[C@@H]1CCCN1CCC[C@H]1C. The fraction of sp³-hybridized carbons (Fsp3) is 0.553. The molecule has 4 atom stereocenters. The number of rotatable bonds is 10. The first-order valence-corrected chi connectivity index (χ1v) is 19.4. The van der Waals surface area contributed by atoms with Gasteiger partial charge < -0.3 is 19.4 Å². The Morgan fingerprint density at radius 2 is 1.81 bits per heavy atom. The molecule has 288 valence electrons. The first-order chi connectivity index (χ1) is 25.1. The van der Waals surface area contributed by atoms with Gasteiger partial charge in [0.15, 0.2) is 0 Å². The van der Waals surface area contributed by atoms with Crippen molar-refractivity contribution in [3.05, 3.63) is 80.3 Å². The molecule has 0 bridgehead atoms. The van der Waals surface area contributed by atoms with E-state index >= 15 is 4.79 Å². The molecular formula is C38H43ClF6N4O3S. The lowest BCUT2D eigenvalue weighted by Gasteiger charge is -2.51. The van der Waals surface area contributed by atoms with Crippen LogP contribution in [0.5, 0.6) is 5.75 Å². The van der Waals surface area contributed by atoms with Crippen LogP contribution in [0.3, 0.4) is 0 Å². The van der Waals surface area contributed by atoms with Crippen LogP contribution < -0.4 is 4.74 Å². The number of hydrogen-bond acceptors (Lipinski definition) is 6. The number of carbonyl (C=O) groups is 2. The Morgan fingerprint density at radius 3 is 2.49 bits per heavy atom. The maximum Gasteiger partial charge on any atom is 0.425 e. The number of carbonyl (C=O) groups excluding carboxylic acids is 2. The summed E-state index contributed by atoms with van der Waals surface area (Å²) in [4.78, 5) is 38.0. The zero-order valence-electron chi connectivity index (χ0n) is 29.6. The van der Waals surface area contributed by atoms with Crippen LogP contribution in [0.4, 0.5) is 26.3 Å². The molecule has 1 aromatic carbocycles. The predicted molar refractivity (Wildman–Crippen MR) is 190 cm³/mol.